The Balaban J connectivity index is 1.34. The largest absolute Gasteiger partial charge is 0.491 e. The molecule has 2 aliphatic rings. The minimum absolute atomic E-state index is 0.111. The van der Waals surface area contributed by atoms with E-state index in [2.05, 4.69) is 10.2 Å². The predicted molar refractivity (Wildman–Crippen MR) is 119 cm³/mol. The van der Waals surface area contributed by atoms with Crippen molar-refractivity contribution in [1.29, 1.82) is 0 Å². The number of likely N-dealkylation sites (tertiary alicyclic amines) is 1. The summed E-state index contributed by atoms with van der Waals surface area (Å²) in [5, 5.41) is 8.00. The van der Waals surface area contributed by atoms with Crippen molar-refractivity contribution in [3.05, 3.63) is 58.8 Å². The third kappa shape index (κ3) is 4.62. The highest BCUT2D eigenvalue weighted by atomic mass is 19.4. The maximum absolute atomic E-state index is 14.3. The van der Waals surface area contributed by atoms with Crippen LogP contribution in [0.15, 0.2) is 30.5 Å². The molecule has 182 valence electrons. The minimum atomic E-state index is -4.52. The van der Waals surface area contributed by atoms with Gasteiger partial charge in [-0.05, 0) is 75.2 Å². The quantitative estimate of drug-likeness (QED) is 0.415. The minimum Gasteiger partial charge on any atom is -0.491 e. The van der Waals surface area contributed by atoms with Crippen LogP contribution in [0.5, 0.6) is 5.75 Å². The predicted octanol–water partition coefficient (Wildman–Crippen LogP) is 5.62. The van der Waals surface area contributed by atoms with Gasteiger partial charge in [0, 0.05) is 24.7 Å². The van der Waals surface area contributed by atoms with Crippen LogP contribution in [0.2, 0.25) is 0 Å². The molecule has 34 heavy (non-hydrogen) atoms. The molecule has 0 radical (unpaired) electrons. The van der Waals surface area contributed by atoms with Crippen molar-refractivity contribution in [2.24, 2.45) is 5.92 Å². The molecule has 5 nitrogen and oxygen atoms in total. The van der Waals surface area contributed by atoms with E-state index in [1.54, 1.807) is 18.3 Å². The Bertz CT molecular complexity index is 1160. The Morgan fingerprint density at radius 1 is 1.06 bits per heavy atom. The lowest BCUT2D eigenvalue weighted by molar-refractivity contribution is -0.137. The van der Waals surface area contributed by atoms with E-state index in [1.807, 2.05) is 17.9 Å². The number of pyridine rings is 1. The monoisotopic (exact) mass is 476 g/mol. The summed E-state index contributed by atoms with van der Waals surface area (Å²) in [6, 6.07) is 6.51. The van der Waals surface area contributed by atoms with Crippen LogP contribution in [0.25, 0.3) is 5.65 Å². The fourth-order valence-electron chi connectivity index (χ4n) is 4.99. The molecule has 0 atom stereocenters. The summed E-state index contributed by atoms with van der Waals surface area (Å²) in [6.45, 7) is 3.62. The first-order valence-electron chi connectivity index (χ1n) is 11.9. The molecule has 3 aromatic rings. The lowest BCUT2D eigenvalue weighted by Gasteiger charge is -2.33. The number of aromatic nitrogens is 3. The molecule has 1 aliphatic carbocycles. The fraction of sp³-hybridized carbons (Fsp3) is 0.520. The average Bonchev–Trinajstić information content (AvgIpc) is 3.53. The van der Waals surface area contributed by atoms with Gasteiger partial charge in [-0.15, -0.1) is 10.2 Å². The van der Waals surface area contributed by atoms with E-state index in [9.17, 15) is 17.6 Å². The van der Waals surface area contributed by atoms with Crippen molar-refractivity contribution in [2.75, 3.05) is 19.7 Å². The normalized spacial score (nSPS) is 18.0. The van der Waals surface area contributed by atoms with E-state index in [0.29, 0.717) is 43.6 Å². The summed E-state index contributed by atoms with van der Waals surface area (Å²) in [5.74, 6) is 1.13. The van der Waals surface area contributed by atoms with Crippen LogP contribution in [0, 0.1) is 11.7 Å². The summed E-state index contributed by atoms with van der Waals surface area (Å²) in [5.41, 5.74) is 0.238. The molecular weight excluding hydrogens is 448 g/mol. The molecular formula is C25H28F4N4O. The summed E-state index contributed by atoms with van der Waals surface area (Å²) in [7, 11) is 0. The number of benzene rings is 1. The molecule has 3 heterocycles. The number of rotatable bonds is 7. The summed E-state index contributed by atoms with van der Waals surface area (Å²) in [4.78, 5) is 2.03. The highest BCUT2D eigenvalue weighted by molar-refractivity contribution is 5.53. The Kier molecular flexibility index (Phi) is 6.22. The van der Waals surface area contributed by atoms with Crippen LogP contribution in [-0.2, 0) is 19.1 Å². The maximum atomic E-state index is 14.3. The molecule has 2 fully saturated rings. The van der Waals surface area contributed by atoms with Crippen molar-refractivity contribution in [2.45, 2.75) is 57.7 Å². The second kappa shape index (κ2) is 9.17. The van der Waals surface area contributed by atoms with Crippen LogP contribution in [0.1, 0.15) is 61.0 Å². The Hall–Kier alpha value is -2.68. The highest BCUT2D eigenvalue weighted by Gasteiger charge is 2.38. The molecule has 0 spiro atoms. The van der Waals surface area contributed by atoms with Crippen molar-refractivity contribution >= 4 is 5.65 Å². The second-order valence-electron chi connectivity index (χ2n) is 9.31. The van der Waals surface area contributed by atoms with Crippen molar-refractivity contribution in [1.82, 2.24) is 19.5 Å². The smallest absolute Gasteiger partial charge is 0.420 e. The lowest BCUT2D eigenvalue weighted by Crippen LogP contribution is -2.33. The molecule has 0 N–H and O–H groups in total. The number of hydrogen-bond acceptors (Lipinski definition) is 4. The molecule has 1 saturated carbocycles. The Morgan fingerprint density at radius 3 is 2.50 bits per heavy atom. The molecule has 1 saturated heterocycles. The van der Waals surface area contributed by atoms with Crippen molar-refractivity contribution in [3.63, 3.8) is 0 Å². The summed E-state index contributed by atoms with van der Waals surface area (Å²) >= 11 is 0. The molecule has 2 aromatic heterocycles. The van der Waals surface area contributed by atoms with Crippen LogP contribution < -0.4 is 4.74 Å². The zero-order chi connectivity index (χ0) is 23.9. The van der Waals surface area contributed by atoms with Gasteiger partial charge in [0.15, 0.2) is 17.2 Å². The molecule has 0 unspecified atom stereocenters. The van der Waals surface area contributed by atoms with Gasteiger partial charge in [0.2, 0.25) is 0 Å². The summed E-state index contributed by atoms with van der Waals surface area (Å²) in [6.07, 6.45) is 1.45. The van der Waals surface area contributed by atoms with Crippen LogP contribution >= 0.6 is 0 Å². The first kappa shape index (κ1) is 23.1. The Labute approximate surface area is 195 Å². The molecule has 1 aromatic carbocycles. The molecule has 1 aliphatic heterocycles. The first-order chi connectivity index (χ1) is 16.3. The van der Waals surface area contributed by atoms with Gasteiger partial charge >= 0.3 is 6.18 Å². The number of hydrogen-bond donors (Lipinski definition) is 0. The number of para-hydroxylation sites is 1. The van der Waals surface area contributed by atoms with Gasteiger partial charge in [-0.1, -0.05) is 12.1 Å². The number of nitrogens with zero attached hydrogens (tertiary/aromatic N) is 4. The molecule has 5 rings (SSSR count). The standard InChI is InChI=1S/C25H28F4N4O/c1-2-34-23-19(4-3-5-20(23)26)17-8-11-32(12-9-17)15-18-10-13-33-21(14-16-6-7-16)30-31-24(33)22(18)25(27,28)29/h3-5,10,13,16-17H,2,6-9,11-12,14-15H2,1H3. The molecule has 0 bridgehead atoms. The van der Waals surface area contributed by atoms with Crippen LogP contribution in [0.4, 0.5) is 17.6 Å². The van der Waals surface area contributed by atoms with Crippen molar-refractivity contribution in [3.8, 4) is 5.75 Å². The van der Waals surface area contributed by atoms with Gasteiger partial charge in [0.05, 0.1) is 6.61 Å². The molecule has 9 heteroatoms. The number of ether oxygens (including phenoxy) is 1. The van der Waals surface area contributed by atoms with Gasteiger partial charge in [-0.2, -0.15) is 13.2 Å². The van der Waals surface area contributed by atoms with Gasteiger partial charge in [-0.25, -0.2) is 4.39 Å². The zero-order valence-electron chi connectivity index (χ0n) is 19.1. The summed E-state index contributed by atoms with van der Waals surface area (Å²) < 4.78 is 63.6. The van der Waals surface area contributed by atoms with Crippen LogP contribution in [0.3, 0.4) is 0 Å². The number of halogens is 4. The number of fused-ring (bicyclic) bond motifs is 1. The fourth-order valence-corrected chi connectivity index (χ4v) is 4.99. The molecule has 0 amide bonds. The third-order valence-corrected chi connectivity index (χ3v) is 6.90. The van der Waals surface area contributed by atoms with Gasteiger partial charge < -0.3 is 4.74 Å². The third-order valence-electron chi connectivity index (χ3n) is 6.90. The average molecular weight is 477 g/mol. The lowest BCUT2D eigenvalue weighted by atomic mass is 9.88. The van der Waals surface area contributed by atoms with Gasteiger partial charge in [0.25, 0.3) is 0 Å². The SMILES string of the molecule is CCOc1c(F)cccc1C1CCN(Cc2ccn3c(CC4CC4)nnc3c2C(F)(F)F)CC1. The zero-order valence-corrected chi connectivity index (χ0v) is 19.1. The van der Waals surface area contributed by atoms with Gasteiger partial charge in [-0.3, -0.25) is 9.30 Å². The van der Waals surface area contributed by atoms with Crippen molar-refractivity contribution < 1.29 is 22.3 Å². The first-order valence-corrected chi connectivity index (χ1v) is 11.9. The van der Waals surface area contributed by atoms with Crippen LogP contribution in [-0.4, -0.2) is 39.2 Å². The topological polar surface area (TPSA) is 42.7 Å². The highest BCUT2D eigenvalue weighted by Crippen LogP contribution is 2.39. The Morgan fingerprint density at radius 2 is 1.82 bits per heavy atom. The van der Waals surface area contributed by atoms with E-state index < -0.39 is 11.7 Å². The second-order valence-corrected chi connectivity index (χ2v) is 9.31. The van der Waals surface area contributed by atoms with E-state index >= 15 is 0 Å². The van der Waals surface area contributed by atoms with E-state index in [-0.39, 0.29) is 29.5 Å². The van der Waals surface area contributed by atoms with Gasteiger partial charge in [0.1, 0.15) is 11.4 Å². The van der Waals surface area contributed by atoms with E-state index in [0.717, 1.165) is 31.2 Å². The maximum Gasteiger partial charge on any atom is 0.420 e. The van der Waals surface area contributed by atoms with E-state index in [4.69, 9.17) is 4.74 Å². The number of alkyl halides is 3. The number of piperidine rings is 1. The van der Waals surface area contributed by atoms with E-state index in [1.165, 1.54) is 10.5 Å².